The van der Waals surface area contributed by atoms with E-state index >= 15 is 0 Å². The van der Waals surface area contributed by atoms with Crippen molar-refractivity contribution in [3.05, 3.63) is 179 Å². The van der Waals surface area contributed by atoms with Gasteiger partial charge in [-0.2, -0.15) is 0 Å². The van der Waals surface area contributed by atoms with E-state index in [2.05, 4.69) is 103 Å². The Balaban J connectivity index is 1.09. The van der Waals surface area contributed by atoms with Gasteiger partial charge < -0.3 is 19.9 Å². The highest BCUT2D eigenvalue weighted by atomic mass is 16.7. The topological polar surface area (TPSA) is 71.0 Å². The highest BCUT2D eigenvalue weighted by molar-refractivity contribution is 5.94. The Morgan fingerprint density at radius 2 is 1.47 bits per heavy atom. The Hall–Kier alpha value is -5.11. The molecule has 0 aromatic heterocycles. The van der Waals surface area contributed by atoms with Crippen molar-refractivity contribution < 1.29 is 19.4 Å². The summed E-state index contributed by atoms with van der Waals surface area (Å²) in [5.41, 5.74) is 7.95. The summed E-state index contributed by atoms with van der Waals surface area (Å²) in [5, 5.41) is 15.2. The second kappa shape index (κ2) is 15.8. The average molecular weight is 677 g/mol. The second-order valence-corrected chi connectivity index (χ2v) is 13.4. The molecule has 0 radical (unpaired) electrons. The molecule has 258 valence electrons. The van der Waals surface area contributed by atoms with Gasteiger partial charge in [0.25, 0.3) is 5.91 Å². The number of fused-ring (bicyclic) bond motifs is 1. The van der Waals surface area contributed by atoms with Gasteiger partial charge in [0.05, 0.1) is 18.8 Å². The summed E-state index contributed by atoms with van der Waals surface area (Å²) < 4.78 is 13.4. The zero-order valence-electron chi connectivity index (χ0n) is 29.1. The molecule has 1 amide bonds. The highest BCUT2D eigenvalue weighted by Gasteiger charge is 2.33. The number of rotatable bonds is 11. The molecule has 0 aliphatic carbocycles. The van der Waals surface area contributed by atoms with Gasteiger partial charge >= 0.3 is 0 Å². The van der Waals surface area contributed by atoms with Crippen molar-refractivity contribution in [2.24, 2.45) is 0 Å². The van der Waals surface area contributed by atoms with Gasteiger partial charge in [-0.1, -0.05) is 127 Å². The number of likely N-dealkylation sites (N-methyl/N-ethyl adjacent to an activating group) is 1. The molecule has 2 N–H and O–H groups in total. The maximum atomic E-state index is 12.7. The molecule has 1 heterocycles. The van der Waals surface area contributed by atoms with Crippen molar-refractivity contribution in [2.75, 3.05) is 13.6 Å². The van der Waals surface area contributed by atoms with Gasteiger partial charge in [-0.3, -0.25) is 9.69 Å². The standard InChI is InChI=1S/C45H44N2O4/c1-31(38-25-20-33-10-6-7-13-39(33)26-38)47(2)29-41-27-43(35-18-16-32(30-48)17-19-35)51-45(50-41)37-23-21-34(22-24-37)42-15-9-8-14-40(42)28-46-44(49)36-11-4-3-5-12-36/h3-26,31,41,43,45,48H,27-30H2,1-2H3,(H,46,49). The van der Waals surface area contributed by atoms with Crippen molar-refractivity contribution in [1.82, 2.24) is 10.2 Å². The van der Waals surface area contributed by atoms with Crippen LogP contribution in [-0.4, -0.2) is 35.6 Å². The lowest BCUT2D eigenvalue weighted by atomic mass is 9.97. The number of aliphatic hydroxyl groups excluding tert-OH is 1. The first-order valence-corrected chi connectivity index (χ1v) is 17.7. The third-order valence-corrected chi connectivity index (χ3v) is 10.0. The maximum absolute atomic E-state index is 12.7. The lowest BCUT2D eigenvalue weighted by molar-refractivity contribution is -0.253. The van der Waals surface area contributed by atoms with E-state index in [0.717, 1.165) is 39.9 Å². The first-order chi connectivity index (χ1) is 24.9. The Morgan fingerprint density at radius 1 is 0.784 bits per heavy atom. The predicted octanol–water partition coefficient (Wildman–Crippen LogP) is 9.17. The van der Waals surface area contributed by atoms with E-state index in [1.54, 1.807) is 0 Å². The van der Waals surface area contributed by atoms with E-state index in [4.69, 9.17) is 9.47 Å². The van der Waals surface area contributed by atoms with Crippen LogP contribution in [0.3, 0.4) is 0 Å². The highest BCUT2D eigenvalue weighted by Crippen LogP contribution is 2.39. The van der Waals surface area contributed by atoms with Crippen molar-refractivity contribution >= 4 is 16.7 Å². The molecule has 0 spiro atoms. The molecule has 6 nitrogen and oxygen atoms in total. The van der Waals surface area contributed by atoms with E-state index in [-0.39, 0.29) is 30.8 Å². The first-order valence-electron chi connectivity index (χ1n) is 17.7. The molecular weight excluding hydrogens is 633 g/mol. The summed E-state index contributed by atoms with van der Waals surface area (Å²) in [6.07, 6.45) is -0.0819. The number of carbonyl (C=O) groups excluding carboxylic acids is 1. The van der Waals surface area contributed by atoms with Gasteiger partial charge in [0.15, 0.2) is 6.29 Å². The quantitative estimate of drug-likeness (QED) is 0.143. The number of amides is 1. The predicted molar refractivity (Wildman–Crippen MR) is 203 cm³/mol. The van der Waals surface area contributed by atoms with Crippen molar-refractivity contribution in [3.8, 4) is 11.1 Å². The average Bonchev–Trinajstić information content (AvgIpc) is 3.19. The lowest BCUT2D eigenvalue weighted by Crippen LogP contribution is -2.38. The smallest absolute Gasteiger partial charge is 0.251 e. The number of aliphatic hydroxyl groups is 1. The fourth-order valence-electron chi connectivity index (χ4n) is 6.88. The number of nitrogens with zero attached hydrogens (tertiary/aromatic N) is 1. The van der Waals surface area contributed by atoms with E-state index in [9.17, 15) is 9.90 Å². The summed E-state index contributed by atoms with van der Waals surface area (Å²) in [5.74, 6) is -0.0974. The van der Waals surface area contributed by atoms with Crippen LogP contribution in [0.25, 0.3) is 21.9 Å². The number of hydrogen-bond donors (Lipinski definition) is 2. The van der Waals surface area contributed by atoms with Gasteiger partial charge in [0.1, 0.15) is 0 Å². The number of carbonyl (C=O) groups is 1. The zero-order valence-corrected chi connectivity index (χ0v) is 29.1. The summed E-state index contributed by atoms with van der Waals surface area (Å²) in [6.45, 7) is 3.41. The first kappa shape index (κ1) is 34.3. The van der Waals surface area contributed by atoms with Gasteiger partial charge in [0.2, 0.25) is 0 Å². The molecule has 0 bridgehead atoms. The Morgan fingerprint density at radius 3 is 2.24 bits per heavy atom. The third-order valence-electron chi connectivity index (χ3n) is 10.0. The molecule has 6 aromatic rings. The Kier molecular flexibility index (Phi) is 10.7. The van der Waals surface area contributed by atoms with E-state index in [0.29, 0.717) is 18.5 Å². The minimum Gasteiger partial charge on any atom is -0.392 e. The minimum absolute atomic E-state index is 0.00644. The van der Waals surface area contributed by atoms with E-state index < -0.39 is 6.29 Å². The third kappa shape index (κ3) is 8.11. The van der Waals surface area contributed by atoms with Crippen LogP contribution < -0.4 is 5.32 Å². The Labute approximate surface area is 300 Å². The molecule has 1 aliphatic rings. The molecule has 6 heteroatoms. The van der Waals surface area contributed by atoms with Gasteiger partial charge in [-0.25, -0.2) is 0 Å². The largest absolute Gasteiger partial charge is 0.392 e. The van der Waals surface area contributed by atoms with Crippen molar-refractivity contribution in [3.63, 3.8) is 0 Å². The van der Waals surface area contributed by atoms with Crippen LogP contribution in [0, 0.1) is 0 Å². The summed E-state index contributed by atoms with van der Waals surface area (Å²) in [4.78, 5) is 15.1. The van der Waals surface area contributed by atoms with Gasteiger partial charge in [0, 0.05) is 36.7 Å². The van der Waals surface area contributed by atoms with Crippen LogP contribution in [0.15, 0.2) is 146 Å². The Bertz CT molecular complexity index is 2060. The molecule has 4 unspecified atom stereocenters. The van der Waals surface area contributed by atoms with Crippen molar-refractivity contribution in [1.29, 1.82) is 0 Å². The van der Waals surface area contributed by atoms with E-state index in [1.807, 2.05) is 66.7 Å². The summed E-state index contributed by atoms with van der Waals surface area (Å²) >= 11 is 0. The van der Waals surface area contributed by atoms with Crippen LogP contribution in [0.4, 0.5) is 0 Å². The normalized spacial score (nSPS) is 18.1. The number of benzene rings is 6. The summed E-state index contributed by atoms with van der Waals surface area (Å²) in [6, 6.07) is 49.2. The number of nitrogens with one attached hydrogen (secondary N) is 1. The lowest BCUT2D eigenvalue weighted by Gasteiger charge is -2.39. The molecule has 1 fully saturated rings. The molecule has 1 saturated heterocycles. The fraction of sp³-hybridized carbons (Fsp3) is 0.222. The minimum atomic E-state index is -0.551. The molecular formula is C45H44N2O4. The van der Waals surface area contributed by atoms with Crippen molar-refractivity contribution in [2.45, 2.75) is 51.0 Å². The summed E-state index contributed by atoms with van der Waals surface area (Å²) in [7, 11) is 2.16. The molecule has 6 aromatic carbocycles. The molecule has 4 atom stereocenters. The molecule has 7 rings (SSSR count). The molecule has 0 saturated carbocycles. The van der Waals surface area contributed by atoms with Crippen LogP contribution >= 0.6 is 0 Å². The van der Waals surface area contributed by atoms with Crippen LogP contribution in [0.2, 0.25) is 0 Å². The zero-order chi connectivity index (χ0) is 35.2. The van der Waals surface area contributed by atoms with Crippen LogP contribution in [0.5, 0.6) is 0 Å². The van der Waals surface area contributed by atoms with Gasteiger partial charge in [-0.05, 0) is 76.3 Å². The van der Waals surface area contributed by atoms with E-state index in [1.165, 1.54) is 16.3 Å². The van der Waals surface area contributed by atoms with Crippen LogP contribution in [0.1, 0.15) is 70.0 Å². The SMILES string of the molecule is CC(c1ccc2ccccc2c1)N(C)CC1CC(c2ccc(CO)cc2)OC(c2ccc(-c3ccccc3CNC(=O)c3ccccc3)cc2)O1. The molecule has 51 heavy (non-hydrogen) atoms. The van der Waals surface area contributed by atoms with Crippen LogP contribution in [-0.2, 0) is 22.6 Å². The number of ether oxygens (including phenoxy) is 2. The molecule has 1 aliphatic heterocycles. The van der Waals surface area contributed by atoms with Gasteiger partial charge in [-0.15, -0.1) is 0 Å². The fourth-order valence-corrected chi connectivity index (χ4v) is 6.88. The monoisotopic (exact) mass is 676 g/mol. The number of hydrogen-bond acceptors (Lipinski definition) is 5. The second-order valence-electron chi connectivity index (χ2n) is 13.4. The maximum Gasteiger partial charge on any atom is 0.251 e.